The molecule has 1 amide bonds. The summed E-state index contributed by atoms with van der Waals surface area (Å²) >= 11 is 0. The minimum Gasteiger partial charge on any atom is -0.377 e. The number of fused-ring (bicyclic) bond motifs is 9. The van der Waals surface area contributed by atoms with E-state index in [1.165, 1.54) is 36.5 Å². The molecular formula is C23H22FN5O4. The summed E-state index contributed by atoms with van der Waals surface area (Å²) in [5.74, 6) is -0.637. The Morgan fingerprint density at radius 1 is 1.18 bits per heavy atom. The van der Waals surface area contributed by atoms with Gasteiger partial charge in [0.15, 0.2) is 0 Å². The van der Waals surface area contributed by atoms with Crippen molar-refractivity contribution in [2.75, 3.05) is 18.5 Å². The minimum atomic E-state index is -0.553. The van der Waals surface area contributed by atoms with Crippen LogP contribution in [0.15, 0.2) is 42.6 Å². The molecular weight excluding hydrogens is 429 g/mol. The maximum absolute atomic E-state index is 14.5. The number of rotatable bonds is 1. The number of nitro groups is 1. The van der Waals surface area contributed by atoms with Gasteiger partial charge in [-0.15, -0.1) is 0 Å². The summed E-state index contributed by atoms with van der Waals surface area (Å²) in [6, 6.07) is 8.88. The van der Waals surface area contributed by atoms with E-state index in [2.05, 4.69) is 20.6 Å². The predicted molar refractivity (Wildman–Crippen MR) is 120 cm³/mol. The van der Waals surface area contributed by atoms with E-state index in [-0.39, 0.29) is 29.4 Å². The first-order valence-corrected chi connectivity index (χ1v) is 10.5. The summed E-state index contributed by atoms with van der Waals surface area (Å²) in [6.45, 7) is 2.77. The molecule has 6 bridgehead atoms. The van der Waals surface area contributed by atoms with Crippen molar-refractivity contribution in [3.05, 3.63) is 75.2 Å². The highest BCUT2D eigenvalue weighted by Gasteiger charge is 2.20. The number of amides is 1. The number of halogens is 1. The van der Waals surface area contributed by atoms with Crippen LogP contribution in [0.5, 0.6) is 0 Å². The molecule has 3 heterocycles. The zero-order chi connectivity index (χ0) is 23.4. The van der Waals surface area contributed by atoms with Gasteiger partial charge in [0.25, 0.3) is 11.6 Å². The summed E-state index contributed by atoms with van der Waals surface area (Å²) in [5, 5.41) is 17.4. The van der Waals surface area contributed by atoms with Gasteiger partial charge in [-0.1, -0.05) is 0 Å². The van der Waals surface area contributed by atoms with Crippen LogP contribution in [0.4, 0.5) is 21.7 Å². The van der Waals surface area contributed by atoms with Gasteiger partial charge >= 0.3 is 0 Å². The quantitative estimate of drug-likeness (QED) is 0.418. The van der Waals surface area contributed by atoms with Gasteiger partial charge in [-0.25, -0.2) is 14.4 Å². The molecule has 10 heteroatoms. The van der Waals surface area contributed by atoms with E-state index >= 15 is 0 Å². The van der Waals surface area contributed by atoms with Crippen LogP contribution >= 0.6 is 0 Å². The summed E-state index contributed by atoms with van der Waals surface area (Å²) in [4.78, 5) is 32.1. The van der Waals surface area contributed by atoms with Crippen LogP contribution in [0.3, 0.4) is 0 Å². The summed E-state index contributed by atoms with van der Waals surface area (Å²) < 4.78 is 20.2. The molecule has 5 rings (SSSR count). The number of hydrogen-bond acceptors (Lipinski definition) is 7. The van der Waals surface area contributed by atoms with E-state index < -0.39 is 16.6 Å². The van der Waals surface area contributed by atoms with Crippen LogP contribution < -0.4 is 10.6 Å². The molecule has 0 spiro atoms. The Kier molecular flexibility index (Phi) is 6.55. The standard InChI is InChI=1S/C23H22FN5O4/c1-14-16-10-17(12-19(14)24)27-23-26-8-6-20(28-23)18-5-4-15(11-21(18)29(31)32)22(30)25-7-2-3-9-33-13-16/h4-6,8,10-12H,2-3,7,9,13H2,1H3,(H,25,30)(H,26,27,28). The largest absolute Gasteiger partial charge is 0.377 e. The van der Waals surface area contributed by atoms with E-state index in [1.54, 1.807) is 13.0 Å². The van der Waals surface area contributed by atoms with Crippen molar-refractivity contribution in [3.8, 4) is 11.3 Å². The molecule has 2 aromatic carbocycles. The Labute approximate surface area is 189 Å². The van der Waals surface area contributed by atoms with Gasteiger partial charge in [0.2, 0.25) is 5.95 Å². The maximum atomic E-state index is 14.5. The Morgan fingerprint density at radius 3 is 2.85 bits per heavy atom. The number of nitrogens with one attached hydrogen (secondary N) is 2. The lowest BCUT2D eigenvalue weighted by Gasteiger charge is -2.12. The van der Waals surface area contributed by atoms with E-state index in [0.717, 1.165) is 0 Å². The van der Waals surface area contributed by atoms with Crippen molar-refractivity contribution >= 4 is 23.2 Å². The third kappa shape index (κ3) is 5.12. The average molecular weight is 451 g/mol. The van der Waals surface area contributed by atoms with Crippen LogP contribution in [-0.2, 0) is 11.3 Å². The van der Waals surface area contributed by atoms with Crippen molar-refractivity contribution in [1.82, 2.24) is 15.3 Å². The smallest absolute Gasteiger partial charge is 0.279 e. The van der Waals surface area contributed by atoms with Crippen LogP contribution in [-0.4, -0.2) is 34.0 Å². The Balaban J connectivity index is 1.77. The molecule has 0 radical (unpaired) electrons. The normalized spacial score (nSPS) is 14.4. The summed E-state index contributed by atoms with van der Waals surface area (Å²) in [5.41, 5.74) is 2.08. The molecule has 0 saturated carbocycles. The second kappa shape index (κ2) is 9.70. The molecule has 0 unspecified atom stereocenters. The van der Waals surface area contributed by atoms with Crippen LogP contribution in [0.25, 0.3) is 11.3 Å². The number of aromatic nitrogens is 2. The number of carbonyl (C=O) groups excluding carboxylic acids is 1. The highest BCUT2D eigenvalue weighted by atomic mass is 19.1. The number of anilines is 2. The Bertz CT molecular complexity index is 1220. The van der Waals surface area contributed by atoms with Crippen molar-refractivity contribution in [2.24, 2.45) is 0 Å². The van der Waals surface area contributed by atoms with Crippen molar-refractivity contribution < 1.29 is 18.8 Å². The number of hydrogen-bond donors (Lipinski definition) is 2. The second-order valence-electron chi connectivity index (χ2n) is 7.64. The molecule has 0 atom stereocenters. The number of benzene rings is 2. The van der Waals surface area contributed by atoms with E-state index in [9.17, 15) is 19.3 Å². The minimum absolute atomic E-state index is 0.150. The number of nitrogens with zero attached hydrogens (tertiary/aromatic N) is 3. The van der Waals surface area contributed by atoms with Crippen LogP contribution in [0, 0.1) is 22.9 Å². The average Bonchev–Trinajstić information content (AvgIpc) is 2.80. The van der Waals surface area contributed by atoms with Gasteiger partial charge in [0.1, 0.15) is 5.82 Å². The maximum Gasteiger partial charge on any atom is 0.279 e. The first kappa shape index (κ1) is 22.3. The molecule has 2 N–H and O–H groups in total. The zero-order valence-electron chi connectivity index (χ0n) is 17.9. The molecule has 33 heavy (non-hydrogen) atoms. The van der Waals surface area contributed by atoms with Gasteiger partial charge in [-0.2, -0.15) is 0 Å². The lowest BCUT2D eigenvalue weighted by molar-refractivity contribution is -0.384. The molecule has 1 aromatic heterocycles. The zero-order valence-corrected chi connectivity index (χ0v) is 17.9. The first-order valence-electron chi connectivity index (χ1n) is 10.5. The SMILES string of the molecule is Cc1c(F)cc2cc1COCCCCNC(=O)c1ccc(c([N+](=O)[O-])c1)-c1ccnc(n1)N2. The highest BCUT2D eigenvalue weighted by Crippen LogP contribution is 2.30. The van der Waals surface area contributed by atoms with E-state index in [4.69, 9.17) is 4.74 Å². The van der Waals surface area contributed by atoms with Gasteiger partial charge < -0.3 is 15.4 Å². The van der Waals surface area contributed by atoms with Gasteiger partial charge in [-0.3, -0.25) is 14.9 Å². The van der Waals surface area contributed by atoms with Gasteiger partial charge in [-0.05, 0) is 61.2 Å². The second-order valence-corrected chi connectivity index (χ2v) is 7.64. The molecule has 0 aliphatic carbocycles. The topological polar surface area (TPSA) is 119 Å². The van der Waals surface area contributed by atoms with Crippen LogP contribution in [0.2, 0.25) is 0 Å². The van der Waals surface area contributed by atoms with Gasteiger partial charge in [0, 0.05) is 36.7 Å². The first-order chi connectivity index (χ1) is 15.9. The number of ether oxygens (including phenoxy) is 1. The Morgan fingerprint density at radius 2 is 2.03 bits per heavy atom. The third-order valence-corrected chi connectivity index (χ3v) is 5.35. The van der Waals surface area contributed by atoms with E-state index in [1.807, 2.05) is 0 Å². The molecule has 3 aromatic rings. The summed E-state index contributed by atoms with van der Waals surface area (Å²) in [6.07, 6.45) is 2.81. The predicted octanol–water partition coefficient (Wildman–Crippen LogP) is 4.28. The molecule has 9 nitrogen and oxygen atoms in total. The fourth-order valence-electron chi connectivity index (χ4n) is 3.51. The van der Waals surface area contributed by atoms with Crippen LogP contribution in [0.1, 0.15) is 34.3 Å². The Hall–Kier alpha value is -3.92. The molecule has 170 valence electrons. The number of nitro benzene ring substituents is 1. The summed E-state index contributed by atoms with van der Waals surface area (Å²) in [7, 11) is 0. The van der Waals surface area contributed by atoms with Crippen molar-refractivity contribution in [3.63, 3.8) is 0 Å². The van der Waals surface area contributed by atoms with Crippen molar-refractivity contribution in [1.29, 1.82) is 0 Å². The fourth-order valence-corrected chi connectivity index (χ4v) is 3.51. The van der Waals surface area contributed by atoms with Crippen molar-refractivity contribution in [2.45, 2.75) is 26.4 Å². The monoisotopic (exact) mass is 451 g/mol. The fraction of sp³-hybridized carbons (Fsp3) is 0.261. The lowest BCUT2D eigenvalue weighted by Crippen LogP contribution is -2.24. The van der Waals surface area contributed by atoms with Gasteiger partial charge in [0.05, 0.1) is 22.8 Å². The highest BCUT2D eigenvalue weighted by molar-refractivity contribution is 5.96. The molecule has 2 aliphatic rings. The lowest BCUT2D eigenvalue weighted by atomic mass is 10.1. The third-order valence-electron chi connectivity index (χ3n) is 5.35. The number of carbonyl (C=O) groups is 1. The van der Waals surface area contributed by atoms with E-state index in [0.29, 0.717) is 48.5 Å². The molecule has 0 fully saturated rings. The molecule has 0 saturated heterocycles. The molecule has 2 aliphatic heterocycles.